The first-order chi connectivity index (χ1) is 6.16. The second kappa shape index (κ2) is 4.18. The first kappa shape index (κ1) is 11.3. The Morgan fingerprint density at radius 2 is 2.29 bits per heavy atom. The summed E-state index contributed by atoms with van der Waals surface area (Å²) in [5.41, 5.74) is 0.520. The van der Waals surface area contributed by atoms with Crippen LogP contribution >= 0.6 is 15.9 Å². The fraction of sp³-hybridized carbons (Fsp3) is 0. The summed E-state index contributed by atoms with van der Waals surface area (Å²) in [6.45, 7) is 0. The molecule has 6 heteroatoms. The molecule has 0 fully saturated rings. The van der Waals surface area contributed by atoms with Gasteiger partial charge in [-0.25, -0.2) is 4.98 Å². The van der Waals surface area contributed by atoms with Crippen LogP contribution in [0.5, 0.6) is 0 Å². The van der Waals surface area contributed by atoms with Crippen LogP contribution in [0.4, 0.5) is 0 Å². The van der Waals surface area contributed by atoms with E-state index in [0.29, 0.717) is 5.65 Å². The number of nitrogens with zero attached hydrogens (tertiary/aromatic N) is 2. The van der Waals surface area contributed by atoms with Crippen molar-refractivity contribution in [3.05, 3.63) is 34.7 Å². The molecule has 0 N–H and O–H groups in total. The number of carbonyl (C=O) groups excluding carboxylic acids is 1. The molecule has 4 nitrogen and oxygen atoms in total. The number of fused-ring (bicyclic) bond motifs is 1. The number of pyridine rings is 1. The molecule has 66 valence electrons. The summed E-state index contributed by atoms with van der Waals surface area (Å²) in [5.74, 6) is -1.26. The number of imidazole rings is 1. The van der Waals surface area contributed by atoms with Crippen LogP contribution in [0.3, 0.4) is 0 Å². The molecule has 0 atom stereocenters. The standard InChI is InChI=1S/C8H5BrN2O2.Li/c9-5-1-2-11-4-6(8(12)13)10-7(11)3-5;/h1-4H,(H,12,13);/q;+1/p-1. The van der Waals surface area contributed by atoms with Crippen LogP contribution in [0, 0.1) is 0 Å². The van der Waals surface area contributed by atoms with Crippen molar-refractivity contribution in [2.24, 2.45) is 0 Å². The van der Waals surface area contributed by atoms with Gasteiger partial charge < -0.3 is 14.3 Å². The predicted molar refractivity (Wildman–Crippen MR) is 47.2 cm³/mol. The van der Waals surface area contributed by atoms with Gasteiger partial charge in [0.15, 0.2) is 0 Å². The van der Waals surface area contributed by atoms with Crippen LogP contribution < -0.4 is 24.0 Å². The number of aromatic carboxylic acids is 1. The van der Waals surface area contributed by atoms with Gasteiger partial charge in [-0.15, -0.1) is 0 Å². The Morgan fingerprint density at radius 3 is 2.93 bits per heavy atom. The molecule has 0 radical (unpaired) electrons. The van der Waals surface area contributed by atoms with Crippen molar-refractivity contribution in [2.75, 3.05) is 0 Å². The topological polar surface area (TPSA) is 57.4 Å². The van der Waals surface area contributed by atoms with Crippen LogP contribution in [0.25, 0.3) is 5.65 Å². The van der Waals surface area contributed by atoms with Crippen LogP contribution in [-0.4, -0.2) is 15.4 Å². The first-order valence-electron chi connectivity index (χ1n) is 3.52. The molecule has 0 bridgehead atoms. The average Bonchev–Trinajstić information content (AvgIpc) is 2.46. The number of hydrogen-bond donors (Lipinski definition) is 0. The first-order valence-corrected chi connectivity index (χ1v) is 4.32. The number of halogens is 1. The molecule has 0 saturated carbocycles. The Morgan fingerprint density at radius 1 is 1.57 bits per heavy atom. The fourth-order valence-corrected chi connectivity index (χ4v) is 1.38. The summed E-state index contributed by atoms with van der Waals surface area (Å²) >= 11 is 3.26. The molecule has 0 spiro atoms. The summed E-state index contributed by atoms with van der Waals surface area (Å²) in [7, 11) is 0. The van der Waals surface area contributed by atoms with Gasteiger partial charge in [0.1, 0.15) is 11.3 Å². The Bertz CT molecular complexity index is 483. The second-order valence-corrected chi connectivity index (χ2v) is 3.44. The maximum Gasteiger partial charge on any atom is 1.00 e. The van der Waals surface area contributed by atoms with Crippen molar-refractivity contribution in [1.29, 1.82) is 0 Å². The predicted octanol–water partition coefficient (Wildman–Crippen LogP) is -2.54. The van der Waals surface area contributed by atoms with Gasteiger partial charge in [-0.2, -0.15) is 0 Å². The van der Waals surface area contributed by atoms with Crippen molar-refractivity contribution in [1.82, 2.24) is 9.38 Å². The maximum atomic E-state index is 10.5. The molecule has 0 aliphatic carbocycles. The third kappa shape index (κ3) is 2.00. The molecule has 0 aliphatic heterocycles. The summed E-state index contributed by atoms with van der Waals surface area (Å²) in [6, 6.07) is 3.53. The Balaban J connectivity index is 0.000000980. The minimum absolute atomic E-state index is 0. The van der Waals surface area contributed by atoms with Crippen molar-refractivity contribution in [3.63, 3.8) is 0 Å². The Hall–Kier alpha value is -0.763. The van der Waals surface area contributed by atoms with Crippen molar-refractivity contribution >= 4 is 27.5 Å². The quantitative estimate of drug-likeness (QED) is 0.522. The van der Waals surface area contributed by atoms with Crippen LogP contribution in [0.15, 0.2) is 29.0 Å². The fourth-order valence-electron chi connectivity index (χ4n) is 1.06. The zero-order chi connectivity index (χ0) is 9.42. The van der Waals surface area contributed by atoms with Crippen LogP contribution in [-0.2, 0) is 0 Å². The molecule has 0 aliphatic rings. The minimum atomic E-state index is -1.26. The van der Waals surface area contributed by atoms with Gasteiger partial charge in [-0.05, 0) is 12.1 Å². The summed E-state index contributed by atoms with van der Waals surface area (Å²) in [5, 5.41) is 10.5. The minimum Gasteiger partial charge on any atom is -0.543 e. The number of aromatic nitrogens is 2. The maximum absolute atomic E-state index is 10.5. The van der Waals surface area contributed by atoms with Crippen molar-refractivity contribution < 1.29 is 28.8 Å². The molecular weight excluding hydrogens is 243 g/mol. The molecule has 14 heavy (non-hydrogen) atoms. The Labute approximate surface area is 100 Å². The van der Waals surface area contributed by atoms with Gasteiger partial charge in [0.05, 0.1) is 5.97 Å². The number of carboxylic acid groups (broad SMARTS) is 1. The van der Waals surface area contributed by atoms with Gasteiger partial charge in [0.25, 0.3) is 0 Å². The van der Waals surface area contributed by atoms with Gasteiger partial charge in [0.2, 0.25) is 0 Å². The van der Waals surface area contributed by atoms with Crippen molar-refractivity contribution in [2.45, 2.75) is 0 Å². The monoisotopic (exact) mass is 246 g/mol. The molecular formula is C8H4BrLiN2O2. The van der Waals surface area contributed by atoms with Gasteiger partial charge in [-0.3, -0.25) is 0 Å². The molecule has 2 aromatic rings. The summed E-state index contributed by atoms with van der Waals surface area (Å²) in [6.07, 6.45) is 3.13. The smallest absolute Gasteiger partial charge is 0.543 e. The molecule has 2 rings (SSSR count). The van der Waals surface area contributed by atoms with Crippen LogP contribution in [0.2, 0.25) is 0 Å². The molecule has 2 aromatic heterocycles. The number of carboxylic acids is 1. The van der Waals surface area contributed by atoms with E-state index in [4.69, 9.17) is 0 Å². The summed E-state index contributed by atoms with van der Waals surface area (Å²) in [4.78, 5) is 14.3. The van der Waals surface area contributed by atoms with E-state index in [0.717, 1.165) is 4.47 Å². The Kier molecular flexibility index (Phi) is 3.37. The van der Waals surface area contributed by atoms with E-state index in [2.05, 4.69) is 20.9 Å². The second-order valence-electron chi connectivity index (χ2n) is 2.52. The summed E-state index contributed by atoms with van der Waals surface area (Å²) < 4.78 is 2.48. The zero-order valence-electron chi connectivity index (χ0n) is 7.40. The van der Waals surface area contributed by atoms with E-state index < -0.39 is 5.97 Å². The van der Waals surface area contributed by atoms with E-state index >= 15 is 0 Å². The van der Waals surface area contributed by atoms with E-state index in [1.54, 1.807) is 22.7 Å². The third-order valence-electron chi connectivity index (χ3n) is 1.63. The van der Waals surface area contributed by atoms with Gasteiger partial charge >= 0.3 is 18.9 Å². The van der Waals surface area contributed by atoms with E-state index in [1.165, 1.54) is 6.20 Å². The van der Waals surface area contributed by atoms with E-state index in [9.17, 15) is 9.90 Å². The molecule has 2 heterocycles. The molecule has 0 saturated heterocycles. The largest absolute Gasteiger partial charge is 1.00 e. The normalized spacial score (nSPS) is 9.79. The zero-order valence-corrected chi connectivity index (χ0v) is 8.98. The molecule has 0 aromatic carbocycles. The van der Waals surface area contributed by atoms with Crippen molar-refractivity contribution in [3.8, 4) is 0 Å². The number of rotatable bonds is 1. The molecule has 0 unspecified atom stereocenters. The van der Waals surface area contributed by atoms with Gasteiger partial charge in [-0.1, -0.05) is 15.9 Å². The average molecular weight is 247 g/mol. The van der Waals surface area contributed by atoms with E-state index in [1.807, 2.05) is 0 Å². The van der Waals surface area contributed by atoms with Crippen LogP contribution in [0.1, 0.15) is 10.5 Å². The number of carbonyl (C=O) groups is 1. The third-order valence-corrected chi connectivity index (χ3v) is 2.12. The van der Waals surface area contributed by atoms with Gasteiger partial charge in [0, 0.05) is 16.9 Å². The molecule has 0 amide bonds. The number of hydrogen-bond acceptors (Lipinski definition) is 3. The van der Waals surface area contributed by atoms with E-state index in [-0.39, 0.29) is 24.6 Å². The SMILES string of the molecule is O=C([O-])c1cn2ccc(Br)cc2n1.[Li+].